The number of hydrogen-bond acceptors (Lipinski definition) is 5. The van der Waals surface area contributed by atoms with Crippen molar-refractivity contribution in [3.05, 3.63) is 77.6 Å². The molecule has 3 rings (SSSR count). The van der Waals surface area contributed by atoms with Gasteiger partial charge in [0, 0.05) is 23.8 Å². The third kappa shape index (κ3) is 6.12. The van der Waals surface area contributed by atoms with Gasteiger partial charge in [0.25, 0.3) is 0 Å². The summed E-state index contributed by atoms with van der Waals surface area (Å²) in [6.45, 7) is 4.64. The molecule has 4 nitrogen and oxygen atoms in total. The van der Waals surface area contributed by atoms with Crippen LogP contribution in [0.15, 0.2) is 75.9 Å². The average Bonchev–Trinajstić information content (AvgIpc) is 2.68. The number of rotatable bonds is 7. The van der Waals surface area contributed by atoms with Crippen molar-refractivity contribution >= 4 is 29.4 Å². The summed E-state index contributed by atoms with van der Waals surface area (Å²) in [5.74, 6) is 0.295. The van der Waals surface area contributed by atoms with E-state index in [0.717, 1.165) is 20.5 Å². The minimum atomic E-state index is -0.0162. The second-order valence-electron chi connectivity index (χ2n) is 6.13. The second kappa shape index (κ2) is 9.58. The lowest BCUT2D eigenvalue weighted by molar-refractivity contribution is -0.118. The Bertz CT molecular complexity index is 896. The molecular formula is C21H21N3OS2. The molecule has 0 saturated carbocycles. The van der Waals surface area contributed by atoms with Gasteiger partial charge in [0.05, 0.1) is 5.75 Å². The number of nitrogens with zero attached hydrogens (tertiary/aromatic N) is 2. The highest BCUT2D eigenvalue weighted by Crippen LogP contribution is 2.32. The molecular weight excluding hydrogens is 374 g/mol. The molecule has 0 atom stereocenters. The Hall–Kier alpha value is -2.31. The summed E-state index contributed by atoms with van der Waals surface area (Å²) >= 11 is 2.97. The topological polar surface area (TPSA) is 54.9 Å². The fraction of sp³-hybridized carbons (Fsp3) is 0.190. The monoisotopic (exact) mass is 395 g/mol. The van der Waals surface area contributed by atoms with Crippen LogP contribution in [0.3, 0.4) is 0 Å². The van der Waals surface area contributed by atoms with E-state index in [1.807, 2.05) is 31.2 Å². The molecule has 0 spiro atoms. The fourth-order valence-electron chi connectivity index (χ4n) is 2.29. The Balaban J connectivity index is 1.55. The van der Waals surface area contributed by atoms with Crippen LogP contribution in [-0.2, 0) is 11.3 Å². The van der Waals surface area contributed by atoms with Crippen molar-refractivity contribution in [1.29, 1.82) is 0 Å². The maximum absolute atomic E-state index is 12.2. The fourth-order valence-corrected chi connectivity index (χ4v) is 4.02. The van der Waals surface area contributed by atoms with Gasteiger partial charge in [0.1, 0.15) is 10.1 Å². The molecule has 0 fully saturated rings. The number of aryl methyl sites for hydroxylation is 2. The predicted molar refractivity (Wildman–Crippen MR) is 111 cm³/mol. The van der Waals surface area contributed by atoms with E-state index < -0.39 is 0 Å². The van der Waals surface area contributed by atoms with Crippen molar-refractivity contribution in [3.8, 4) is 0 Å². The molecule has 6 heteroatoms. The number of nitrogens with one attached hydrogen (secondary N) is 1. The van der Waals surface area contributed by atoms with Gasteiger partial charge >= 0.3 is 0 Å². The van der Waals surface area contributed by atoms with Crippen molar-refractivity contribution in [3.63, 3.8) is 0 Å². The van der Waals surface area contributed by atoms with Crippen LogP contribution < -0.4 is 5.32 Å². The summed E-state index contributed by atoms with van der Waals surface area (Å²) in [5.41, 5.74) is 3.52. The van der Waals surface area contributed by atoms with Gasteiger partial charge in [0.15, 0.2) is 0 Å². The van der Waals surface area contributed by atoms with Crippen LogP contribution in [0.25, 0.3) is 0 Å². The summed E-state index contributed by atoms with van der Waals surface area (Å²) in [6.07, 6.45) is 3.34. The van der Waals surface area contributed by atoms with E-state index in [2.05, 4.69) is 46.5 Å². The molecule has 2 aromatic carbocycles. The van der Waals surface area contributed by atoms with Gasteiger partial charge in [-0.2, -0.15) is 0 Å². The van der Waals surface area contributed by atoms with Crippen LogP contribution in [0, 0.1) is 13.8 Å². The normalized spacial score (nSPS) is 10.6. The molecule has 138 valence electrons. The average molecular weight is 396 g/mol. The predicted octanol–water partition coefficient (Wildman–Crippen LogP) is 4.65. The van der Waals surface area contributed by atoms with Crippen molar-refractivity contribution in [2.24, 2.45) is 0 Å². The standard InChI is InChI=1S/C21H21N3OS2/c1-15-3-7-17(8-4-15)13-24-19(25)14-26-20-21(23-12-11-22-20)27-18-9-5-16(2)6-10-18/h3-12H,13-14H2,1-2H3,(H,24,25). The molecule has 0 aliphatic carbocycles. The van der Waals surface area contributed by atoms with Gasteiger partial charge in [-0.15, -0.1) is 0 Å². The number of thioether (sulfide) groups is 1. The van der Waals surface area contributed by atoms with E-state index in [1.165, 1.54) is 22.9 Å². The second-order valence-corrected chi connectivity index (χ2v) is 8.16. The Morgan fingerprint density at radius 1 is 0.889 bits per heavy atom. The zero-order valence-electron chi connectivity index (χ0n) is 15.3. The first-order valence-corrected chi connectivity index (χ1v) is 10.4. The zero-order chi connectivity index (χ0) is 19.1. The van der Waals surface area contributed by atoms with Crippen LogP contribution in [0.2, 0.25) is 0 Å². The number of carbonyl (C=O) groups excluding carboxylic acids is 1. The van der Waals surface area contributed by atoms with Gasteiger partial charge in [-0.3, -0.25) is 4.79 Å². The first-order chi connectivity index (χ1) is 13.1. The van der Waals surface area contributed by atoms with E-state index in [4.69, 9.17) is 0 Å². The van der Waals surface area contributed by atoms with Crippen LogP contribution in [0.5, 0.6) is 0 Å². The number of carbonyl (C=O) groups is 1. The van der Waals surface area contributed by atoms with Gasteiger partial charge in [-0.25, -0.2) is 9.97 Å². The largest absolute Gasteiger partial charge is 0.351 e. The molecule has 1 N–H and O–H groups in total. The molecule has 0 unspecified atom stereocenters. The van der Waals surface area contributed by atoms with E-state index in [-0.39, 0.29) is 5.91 Å². The lowest BCUT2D eigenvalue weighted by atomic mass is 10.1. The lowest BCUT2D eigenvalue weighted by Gasteiger charge is -2.08. The Morgan fingerprint density at radius 3 is 2.15 bits per heavy atom. The Kier molecular flexibility index (Phi) is 6.90. The molecule has 27 heavy (non-hydrogen) atoms. The highest BCUT2D eigenvalue weighted by atomic mass is 32.2. The van der Waals surface area contributed by atoms with Crippen LogP contribution in [0.1, 0.15) is 16.7 Å². The third-order valence-electron chi connectivity index (χ3n) is 3.82. The molecule has 1 amide bonds. The van der Waals surface area contributed by atoms with E-state index in [1.54, 1.807) is 24.2 Å². The first-order valence-electron chi connectivity index (χ1n) is 8.61. The molecule has 1 heterocycles. The first kappa shape index (κ1) is 19.5. The zero-order valence-corrected chi connectivity index (χ0v) is 16.9. The Labute approximate surface area is 168 Å². The number of aromatic nitrogens is 2. The van der Waals surface area contributed by atoms with E-state index >= 15 is 0 Å². The molecule has 0 bridgehead atoms. The summed E-state index contributed by atoms with van der Waals surface area (Å²) in [5, 5.41) is 4.54. The van der Waals surface area contributed by atoms with Gasteiger partial charge < -0.3 is 5.32 Å². The quantitative estimate of drug-likeness (QED) is 0.590. The van der Waals surface area contributed by atoms with E-state index in [9.17, 15) is 4.79 Å². The van der Waals surface area contributed by atoms with Crippen molar-refractivity contribution in [1.82, 2.24) is 15.3 Å². The van der Waals surface area contributed by atoms with Crippen LogP contribution in [-0.4, -0.2) is 21.6 Å². The maximum Gasteiger partial charge on any atom is 0.230 e. The lowest BCUT2D eigenvalue weighted by Crippen LogP contribution is -2.24. The van der Waals surface area contributed by atoms with Crippen LogP contribution >= 0.6 is 23.5 Å². The molecule has 0 radical (unpaired) electrons. The van der Waals surface area contributed by atoms with Gasteiger partial charge in [0.2, 0.25) is 5.91 Å². The number of benzene rings is 2. The highest BCUT2D eigenvalue weighted by molar-refractivity contribution is 8.02. The van der Waals surface area contributed by atoms with Crippen molar-refractivity contribution in [2.45, 2.75) is 35.3 Å². The van der Waals surface area contributed by atoms with Gasteiger partial charge in [-0.05, 0) is 31.5 Å². The smallest absolute Gasteiger partial charge is 0.230 e. The van der Waals surface area contributed by atoms with E-state index in [0.29, 0.717) is 12.3 Å². The highest BCUT2D eigenvalue weighted by Gasteiger charge is 2.10. The summed E-state index contributed by atoms with van der Waals surface area (Å²) < 4.78 is 0. The number of hydrogen-bond donors (Lipinski definition) is 1. The summed E-state index contributed by atoms with van der Waals surface area (Å²) in [4.78, 5) is 22.1. The minimum Gasteiger partial charge on any atom is -0.351 e. The minimum absolute atomic E-state index is 0.0162. The maximum atomic E-state index is 12.2. The SMILES string of the molecule is Cc1ccc(CNC(=O)CSc2nccnc2Sc2ccc(C)cc2)cc1. The molecule has 1 aromatic heterocycles. The number of amides is 1. The van der Waals surface area contributed by atoms with Gasteiger partial charge in [-0.1, -0.05) is 71.0 Å². The van der Waals surface area contributed by atoms with Crippen molar-refractivity contribution in [2.75, 3.05) is 5.75 Å². The molecule has 0 saturated heterocycles. The molecule has 0 aliphatic heterocycles. The third-order valence-corrected chi connectivity index (χ3v) is 5.93. The molecule has 3 aromatic rings. The Morgan fingerprint density at radius 2 is 1.48 bits per heavy atom. The summed E-state index contributed by atoms with van der Waals surface area (Å²) in [7, 11) is 0. The molecule has 0 aliphatic rings. The van der Waals surface area contributed by atoms with Crippen LogP contribution in [0.4, 0.5) is 0 Å². The van der Waals surface area contributed by atoms with Crippen molar-refractivity contribution < 1.29 is 4.79 Å². The summed E-state index contributed by atoms with van der Waals surface area (Å²) in [6, 6.07) is 16.4.